The molecule has 0 saturated carbocycles. The monoisotopic (exact) mass is 597 g/mol. The molecule has 10 nitrogen and oxygen atoms in total. The van der Waals surface area contributed by atoms with Crippen molar-refractivity contribution < 1.29 is 14.3 Å². The number of ether oxygens (including phenoxy) is 1. The second-order valence-electron chi connectivity index (χ2n) is 12.9. The van der Waals surface area contributed by atoms with Crippen molar-refractivity contribution >= 4 is 28.5 Å². The summed E-state index contributed by atoms with van der Waals surface area (Å²) in [7, 11) is 1.64. The minimum absolute atomic E-state index is 0.00413. The van der Waals surface area contributed by atoms with Crippen LogP contribution < -0.4 is 15.8 Å². The second-order valence-corrected chi connectivity index (χ2v) is 12.9. The lowest BCUT2D eigenvalue weighted by Crippen LogP contribution is -2.40. The van der Waals surface area contributed by atoms with Gasteiger partial charge in [0.15, 0.2) is 5.88 Å². The van der Waals surface area contributed by atoms with Gasteiger partial charge in [0.25, 0.3) is 5.91 Å². The molecule has 2 amide bonds. The molecule has 7 rings (SSSR count). The number of nitrogens with zero attached hydrogens (tertiary/aromatic N) is 5. The highest BCUT2D eigenvalue weighted by molar-refractivity contribution is 5.96. The molecule has 232 valence electrons. The molecule has 2 fully saturated rings. The Bertz CT molecular complexity index is 1740. The summed E-state index contributed by atoms with van der Waals surface area (Å²) in [5.41, 5.74) is 12.1. The van der Waals surface area contributed by atoms with E-state index < -0.39 is 0 Å². The molecule has 7 heterocycles. The molecule has 44 heavy (non-hydrogen) atoms. The zero-order valence-corrected chi connectivity index (χ0v) is 26.0. The van der Waals surface area contributed by atoms with Gasteiger partial charge in [-0.2, -0.15) is 0 Å². The number of carbonyl (C=O) groups is 2. The number of nitrogens with one attached hydrogen (secondary N) is 1. The molecular formula is C34H43N7O3. The molecular weight excluding hydrogens is 554 g/mol. The largest absolute Gasteiger partial charge is 0.482 e. The number of amides is 2. The first-order valence-corrected chi connectivity index (χ1v) is 16.3. The van der Waals surface area contributed by atoms with Crippen LogP contribution in [0.15, 0.2) is 30.3 Å². The molecule has 4 bridgehead atoms. The van der Waals surface area contributed by atoms with E-state index in [0.29, 0.717) is 23.5 Å². The zero-order valence-electron chi connectivity index (χ0n) is 26.0. The Kier molecular flexibility index (Phi) is 7.56. The Morgan fingerprint density at radius 3 is 2.59 bits per heavy atom. The smallest absolute Gasteiger partial charge is 0.254 e. The number of hydrogen-bond acceptors (Lipinski definition) is 6. The Labute approximate surface area is 258 Å². The highest BCUT2D eigenvalue weighted by atomic mass is 16.5. The van der Waals surface area contributed by atoms with Crippen LogP contribution in [-0.2, 0) is 11.3 Å². The molecule has 3 N–H and O–H groups in total. The zero-order chi connectivity index (χ0) is 30.5. The van der Waals surface area contributed by atoms with E-state index >= 15 is 0 Å². The summed E-state index contributed by atoms with van der Waals surface area (Å²) < 4.78 is 10.1. The maximum absolute atomic E-state index is 13.8. The molecule has 0 radical (unpaired) electrons. The standard InChI is InChI=1S/C34H43N7O3/c1-20-26-13-11-22-16-28(39(33(22)37-26)15-9-7-5-4-6-8-10-30(42)36-20)32-21(2)40-29(38-32)17-23(18-31(40)44-3)34(43)41-24-12-14-27(41)25(35)19-24/h11,13,16-18,20,24-25,27H,4-10,12,14-15,19,35H2,1-3H3,(H,36,42)/t20-,24+,25-,27-/m1/s1. The van der Waals surface area contributed by atoms with Crippen molar-refractivity contribution in [3.63, 3.8) is 0 Å². The van der Waals surface area contributed by atoms with Crippen molar-refractivity contribution in [1.82, 2.24) is 29.2 Å². The van der Waals surface area contributed by atoms with Gasteiger partial charge in [0.05, 0.1) is 30.2 Å². The van der Waals surface area contributed by atoms with Gasteiger partial charge in [-0.05, 0) is 70.2 Å². The molecule has 0 aromatic carbocycles. The fraction of sp³-hybridized carbons (Fsp3) is 0.529. The summed E-state index contributed by atoms with van der Waals surface area (Å²) in [4.78, 5) is 38.6. The Morgan fingerprint density at radius 1 is 1.05 bits per heavy atom. The normalized spacial score (nSPS) is 24.5. The van der Waals surface area contributed by atoms with Crippen LogP contribution in [0.1, 0.15) is 98.9 Å². The topological polar surface area (TPSA) is 120 Å². The molecule has 2 saturated heterocycles. The minimum Gasteiger partial charge on any atom is -0.482 e. The average molecular weight is 598 g/mol. The van der Waals surface area contributed by atoms with Gasteiger partial charge in [-0.3, -0.25) is 14.0 Å². The van der Waals surface area contributed by atoms with E-state index in [1.165, 1.54) is 0 Å². The van der Waals surface area contributed by atoms with Gasteiger partial charge >= 0.3 is 0 Å². The lowest BCUT2D eigenvalue weighted by Gasteiger charge is -2.23. The highest BCUT2D eigenvalue weighted by Gasteiger charge is 2.47. The molecule has 3 aliphatic heterocycles. The lowest BCUT2D eigenvalue weighted by molar-refractivity contribution is -0.121. The summed E-state index contributed by atoms with van der Waals surface area (Å²) in [5, 5.41) is 4.17. The first kappa shape index (κ1) is 28.8. The molecule has 4 aromatic heterocycles. The predicted octanol–water partition coefficient (Wildman–Crippen LogP) is 5.29. The molecule has 10 heteroatoms. The molecule has 4 atom stereocenters. The number of methoxy groups -OCH3 is 1. The Morgan fingerprint density at radius 2 is 1.84 bits per heavy atom. The van der Waals surface area contributed by atoms with Crippen molar-refractivity contribution in [1.29, 1.82) is 0 Å². The van der Waals surface area contributed by atoms with E-state index in [4.69, 9.17) is 20.4 Å². The molecule has 0 aliphatic carbocycles. The number of rotatable bonds is 3. The maximum Gasteiger partial charge on any atom is 0.254 e. The van der Waals surface area contributed by atoms with Gasteiger partial charge in [0, 0.05) is 48.1 Å². The first-order chi connectivity index (χ1) is 21.3. The van der Waals surface area contributed by atoms with Gasteiger partial charge in [-0.25, -0.2) is 9.97 Å². The third kappa shape index (κ3) is 4.93. The number of pyridine rings is 2. The van der Waals surface area contributed by atoms with Crippen LogP contribution in [0.2, 0.25) is 0 Å². The van der Waals surface area contributed by atoms with Crippen LogP contribution in [0.3, 0.4) is 0 Å². The van der Waals surface area contributed by atoms with Crippen molar-refractivity contribution in [3.8, 4) is 17.3 Å². The summed E-state index contributed by atoms with van der Waals surface area (Å²) in [6, 6.07) is 10.2. The first-order valence-electron chi connectivity index (χ1n) is 16.3. The van der Waals surface area contributed by atoms with E-state index in [1.54, 1.807) is 7.11 Å². The number of imidazole rings is 1. The van der Waals surface area contributed by atoms with E-state index in [1.807, 2.05) is 41.3 Å². The molecule has 0 unspecified atom stereocenters. The van der Waals surface area contributed by atoms with Crippen LogP contribution in [-0.4, -0.2) is 60.9 Å². The van der Waals surface area contributed by atoms with E-state index in [0.717, 1.165) is 98.1 Å². The van der Waals surface area contributed by atoms with Gasteiger partial charge in [-0.15, -0.1) is 0 Å². The van der Waals surface area contributed by atoms with E-state index in [-0.39, 0.29) is 36.0 Å². The quantitative estimate of drug-likeness (QED) is 0.331. The lowest BCUT2D eigenvalue weighted by atomic mass is 9.97. The predicted molar refractivity (Wildman–Crippen MR) is 170 cm³/mol. The van der Waals surface area contributed by atoms with Crippen molar-refractivity contribution in [2.45, 2.75) is 109 Å². The fourth-order valence-electron chi connectivity index (χ4n) is 7.75. The van der Waals surface area contributed by atoms with Gasteiger partial charge < -0.3 is 25.3 Å². The van der Waals surface area contributed by atoms with Crippen LogP contribution in [0, 0.1) is 6.92 Å². The number of aromatic nitrogens is 4. The summed E-state index contributed by atoms with van der Waals surface area (Å²) in [6.45, 7) is 4.87. The number of fused-ring (bicyclic) bond motifs is 4. The number of carbonyl (C=O) groups excluding carboxylic acids is 2. The number of nitrogens with two attached hydrogens (primary N) is 1. The molecule has 4 aromatic rings. The molecule has 0 spiro atoms. The van der Waals surface area contributed by atoms with Gasteiger partial charge in [-0.1, -0.05) is 25.7 Å². The van der Waals surface area contributed by atoms with Gasteiger partial charge in [0.1, 0.15) is 17.0 Å². The summed E-state index contributed by atoms with van der Waals surface area (Å²) in [6.07, 6.45) is 9.85. The number of hydrogen-bond donors (Lipinski definition) is 2. The van der Waals surface area contributed by atoms with Crippen LogP contribution in [0.5, 0.6) is 5.88 Å². The minimum atomic E-state index is -0.179. The summed E-state index contributed by atoms with van der Waals surface area (Å²) >= 11 is 0. The Balaban J connectivity index is 1.31. The third-order valence-corrected chi connectivity index (χ3v) is 10.1. The van der Waals surface area contributed by atoms with Crippen molar-refractivity contribution in [2.24, 2.45) is 5.73 Å². The average Bonchev–Trinajstić information content (AvgIpc) is 3.76. The highest BCUT2D eigenvalue weighted by Crippen LogP contribution is 2.39. The van der Waals surface area contributed by atoms with E-state index in [9.17, 15) is 9.59 Å². The third-order valence-electron chi connectivity index (χ3n) is 10.1. The van der Waals surface area contributed by atoms with E-state index in [2.05, 4.69) is 22.0 Å². The number of aryl methyl sites for hydroxylation is 2. The van der Waals surface area contributed by atoms with Crippen molar-refractivity contribution in [3.05, 3.63) is 47.3 Å². The van der Waals surface area contributed by atoms with Gasteiger partial charge in [0.2, 0.25) is 5.91 Å². The Hall–Kier alpha value is -3.92. The second kappa shape index (κ2) is 11.5. The van der Waals surface area contributed by atoms with Crippen LogP contribution >= 0.6 is 0 Å². The fourth-order valence-corrected chi connectivity index (χ4v) is 7.75. The maximum atomic E-state index is 13.8. The van der Waals surface area contributed by atoms with Crippen LogP contribution in [0.4, 0.5) is 0 Å². The SMILES string of the molecule is COc1cc(C(=O)N2[C@H]3CC[C@@H]2[C@H](N)C3)cc2nc(-c3cc4ccc5nc4n3CCCCCCCCC(=O)N[C@@H]5C)c(C)n12. The molecule has 3 aliphatic rings. The van der Waals surface area contributed by atoms with Crippen molar-refractivity contribution in [2.75, 3.05) is 7.11 Å². The van der Waals surface area contributed by atoms with Crippen LogP contribution in [0.25, 0.3) is 28.1 Å². The summed E-state index contributed by atoms with van der Waals surface area (Å²) in [5.74, 6) is 0.665.